The number of nitrogens with zero attached hydrogens (tertiary/aromatic N) is 1. The smallest absolute Gasteiger partial charge is 0.0966 e. The normalized spacial score (nSPS) is 26.7. The fraction of sp³-hybridized carbons (Fsp3) is 0.545. The molecular formula is C11H15NO2. The summed E-state index contributed by atoms with van der Waals surface area (Å²) in [4.78, 5) is 4.20. The van der Waals surface area contributed by atoms with Crippen LogP contribution in [0.15, 0.2) is 18.3 Å². The van der Waals surface area contributed by atoms with Gasteiger partial charge in [0.05, 0.1) is 11.8 Å². The van der Waals surface area contributed by atoms with Crippen molar-refractivity contribution in [1.29, 1.82) is 0 Å². The second kappa shape index (κ2) is 4.07. The summed E-state index contributed by atoms with van der Waals surface area (Å²) in [5.74, 6) is 0.208. The van der Waals surface area contributed by atoms with E-state index in [1.807, 2.05) is 12.1 Å². The van der Waals surface area contributed by atoms with Crippen molar-refractivity contribution in [2.45, 2.75) is 25.4 Å². The Morgan fingerprint density at radius 3 is 3.14 bits per heavy atom. The molecular weight excluding hydrogens is 178 g/mol. The first-order chi connectivity index (χ1) is 6.81. The highest BCUT2D eigenvalue weighted by atomic mass is 16.3. The summed E-state index contributed by atoms with van der Waals surface area (Å²) in [7, 11) is 0. The Kier molecular flexibility index (Phi) is 2.79. The molecule has 1 aliphatic rings. The average molecular weight is 193 g/mol. The van der Waals surface area contributed by atoms with Gasteiger partial charge < -0.3 is 10.2 Å². The highest BCUT2D eigenvalue weighted by molar-refractivity contribution is 5.23. The van der Waals surface area contributed by atoms with Gasteiger partial charge in [-0.15, -0.1) is 0 Å². The number of pyridine rings is 1. The number of fused-ring (bicyclic) bond motifs is 1. The molecule has 1 aliphatic carbocycles. The summed E-state index contributed by atoms with van der Waals surface area (Å²) in [5.41, 5.74) is 1.92. The van der Waals surface area contributed by atoms with Crippen molar-refractivity contribution in [2.75, 3.05) is 6.61 Å². The summed E-state index contributed by atoms with van der Waals surface area (Å²) in [6.45, 7) is 0.158. The second-order valence-electron chi connectivity index (χ2n) is 3.89. The number of rotatable bonds is 1. The minimum absolute atomic E-state index is 0.158. The molecule has 2 N–H and O–H groups in total. The van der Waals surface area contributed by atoms with Crippen LogP contribution in [0.5, 0.6) is 0 Å². The maximum atomic E-state index is 9.87. The van der Waals surface area contributed by atoms with Crippen molar-refractivity contribution in [3.8, 4) is 0 Å². The zero-order chi connectivity index (χ0) is 9.97. The van der Waals surface area contributed by atoms with Gasteiger partial charge in [-0.05, 0) is 36.8 Å². The van der Waals surface area contributed by atoms with Crippen LogP contribution >= 0.6 is 0 Å². The molecule has 0 aliphatic heterocycles. The zero-order valence-electron chi connectivity index (χ0n) is 8.06. The van der Waals surface area contributed by atoms with Gasteiger partial charge in [-0.2, -0.15) is 0 Å². The molecule has 0 saturated heterocycles. The SMILES string of the molecule is OC[C@@H]1CCc2cccnc2[C@@H](O)C1. The highest BCUT2D eigenvalue weighted by Crippen LogP contribution is 2.29. The fourth-order valence-electron chi connectivity index (χ4n) is 2.03. The Morgan fingerprint density at radius 1 is 1.50 bits per heavy atom. The molecule has 76 valence electrons. The van der Waals surface area contributed by atoms with E-state index in [0.29, 0.717) is 6.42 Å². The van der Waals surface area contributed by atoms with Gasteiger partial charge in [0, 0.05) is 12.8 Å². The topological polar surface area (TPSA) is 53.4 Å². The summed E-state index contributed by atoms with van der Waals surface area (Å²) >= 11 is 0. The van der Waals surface area contributed by atoms with Crippen molar-refractivity contribution >= 4 is 0 Å². The Bertz CT molecular complexity index is 314. The molecule has 3 heteroatoms. The van der Waals surface area contributed by atoms with Crippen molar-refractivity contribution in [3.05, 3.63) is 29.6 Å². The van der Waals surface area contributed by atoms with Crippen molar-refractivity contribution in [1.82, 2.24) is 4.98 Å². The number of hydrogen-bond acceptors (Lipinski definition) is 3. The van der Waals surface area contributed by atoms with E-state index in [2.05, 4.69) is 4.98 Å². The van der Waals surface area contributed by atoms with Gasteiger partial charge in [0.2, 0.25) is 0 Å². The predicted molar refractivity (Wildman–Crippen MR) is 52.7 cm³/mol. The standard InChI is InChI=1S/C11H15NO2/c13-7-8-3-4-9-2-1-5-12-11(9)10(14)6-8/h1-2,5,8,10,13-14H,3-4,6-7H2/t8-,10+/m1/s1. The number of aliphatic hydroxyl groups excluding tert-OH is 2. The lowest BCUT2D eigenvalue weighted by atomic mass is 10.00. The quantitative estimate of drug-likeness (QED) is 0.656. The van der Waals surface area contributed by atoms with E-state index in [1.165, 1.54) is 0 Å². The van der Waals surface area contributed by atoms with E-state index in [-0.39, 0.29) is 12.5 Å². The number of aromatic nitrogens is 1. The van der Waals surface area contributed by atoms with Crippen molar-refractivity contribution in [3.63, 3.8) is 0 Å². The second-order valence-corrected chi connectivity index (χ2v) is 3.89. The van der Waals surface area contributed by atoms with Gasteiger partial charge in [0.15, 0.2) is 0 Å². The van der Waals surface area contributed by atoms with Crippen LogP contribution in [0.1, 0.15) is 30.2 Å². The maximum absolute atomic E-state index is 9.87. The van der Waals surface area contributed by atoms with Crippen LogP contribution in [-0.2, 0) is 6.42 Å². The number of aryl methyl sites for hydroxylation is 1. The Balaban J connectivity index is 2.26. The minimum atomic E-state index is -0.508. The van der Waals surface area contributed by atoms with E-state index in [4.69, 9.17) is 5.11 Å². The molecule has 1 aromatic rings. The van der Waals surface area contributed by atoms with Crippen LogP contribution in [0.25, 0.3) is 0 Å². The number of hydrogen-bond donors (Lipinski definition) is 2. The lowest BCUT2D eigenvalue weighted by molar-refractivity contribution is 0.115. The Hall–Kier alpha value is -0.930. The molecule has 0 spiro atoms. The molecule has 0 radical (unpaired) electrons. The van der Waals surface area contributed by atoms with Crippen LogP contribution in [-0.4, -0.2) is 21.8 Å². The molecule has 1 aromatic heterocycles. The average Bonchev–Trinajstić information content (AvgIpc) is 2.39. The molecule has 0 bridgehead atoms. The molecule has 0 fully saturated rings. The molecule has 0 aromatic carbocycles. The maximum Gasteiger partial charge on any atom is 0.0966 e. The first kappa shape index (κ1) is 9.62. The van der Waals surface area contributed by atoms with Crippen LogP contribution in [0.4, 0.5) is 0 Å². The van der Waals surface area contributed by atoms with E-state index < -0.39 is 6.10 Å². The molecule has 1 heterocycles. The third-order valence-corrected chi connectivity index (χ3v) is 2.88. The van der Waals surface area contributed by atoms with Gasteiger partial charge in [-0.1, -0.05) is 6.07 Å². The van der Waals surface area contributed by atoms with Crippen LogP contribution in [0, 0.1) is 5.92 Å². The van der Waals surface area contributed by atoms with Gasteiger partial charge in [-0.25, -0.2) is 0 Å². The lowest BCUT2D eigenvalue weighted by Crippen LogP contribution is -2.09. The van der Waals surface area contributed by atoms with E-state index in [1.54, 1.807) is 6.20 Å². The zero-order valence-corrected chi connectivity index (χ0v) is 8.06. The van der Waals surface area contributed by atoms with Gasteiger partial charge in [-0.3, -0.25) is 4.98 Å². The van der Waals surface area contributed by atoms with Crippen LogP contribution < -0.4 is 0 Å². The van der Waals surface area contributed by atoms with Gasteiger partial charge >= 0.3 is 0 Å². The predicted octanol–water partition coefficient (Wildman–Crippen LogP) is 1.06. The van der Waals surface area contributed by atoms with Gasteiger partial charge in [0.25, 0.3) is 0 Å². The minimum Gasteiger partial charge on any atom is -0.396 e. The van der Waals surface area contributed by atoms with Crippen molar-refractivity contribution in [2.24, 2.45) is 5.92 Å². The lowest BCUT2D eigenvalue weighted by Gasteiger charge is -2.13. The van der Waals surface area contributed by atoms with Gasteiger partial charge in [0.1, 0.15) is 0 Å². The molecule has 3 nitrogen and oxygen atoms in total. The molecule has 14 heavy (non-hydrogen) atoms. The largest absolute Gasteiger partial charge is 0.396 e. The third-order valence-electron chi connectivity index (χ3n) is 2.88. The van der Waals surface area contributed by atoms with Crippen LogP contribution in [0.3, 0.4) is 0 Å². The number of aliphatic hydroxyl groups is 2. The van der Waals surface area contributed by atoms with E-state index >= 15 is 0 Å². The Labute approximate surface area is 83.4 Å². The fourth-order valence-corrected chi connectivity index (χ4v) is 2.03. The molecule has 0 amide bonds. The first-order valence-electron chi connectivity index (χ1n) is 5.04. The molecule has 2 atom stereocenters. The summed E-state index contributed by atoms with van der Waals surface area (Å²) < 4.78 is 0. The Morgan fingerprint density at radius 2 is 2.36 bits per heavy atom. The molecule has 2 rings (SSSR count). The van der Waals surface area contributed by atoms with Crippen molar-refractivity contribution < 1.29 is 10.2 Å². The summed E-state index contributed by atoms with van der Waals surface area (Å²) in [6.07, 6.45) is 3.67. The summed E-state index contributed by atoms with van der Waals surface area (Å²) in [6, 6.07) is 3.90. The van der Waals surface area contributed by atoms with E-state index in [0.717, 1.165) is 24.1 Å². The third kappa shape index (κ3) is 1.79. The monoisotopic (exact) mass is 193 g/mol. The molecule has 0 unspecified atom stereocenters. The molecule has 0 saturated carbocycles. The van der Waals surface area contributed by atoms with Crippen LogP contribution in [0.2, 0.25) is 0 Å². The summed E-state index contributed by atoms with van der Waals surface area (Å²) in [5, 5.41) is 19.0. The highest BCUT2D eigenvalue weighted by Gasteiger charge is 2.23. The van der Waals surface area contributed by atoms with E-state index in [9.17, 15) is 5.11 Å². The first-order valence-corrected chi connectivity index (χ1v) is 5.04.